The standard InChI is InChI=1S/C30H30N2O3S3/c1-3-31(4-2)30-19-18-29(38-30)28-17-15-22(37-28)14-16-23-24-10-5-7-12-26(24)32(20-9-21-36-35-34-33)27-13-8-6-11-25(23)27/h5-8,10-19H,3-4,9,20-21H2,1-2H3/p+1. The van der Waals surface area contributed by atoms with Gasteiger partial charge in [-0.3, -0.25) is 0 Å². The lowest BCUT2D eigenvalue weighted by Crippen LogP contribution is -2.36. The first-order chi connectivity index (χ1) is 18.7. The number of fused-ring (bicyclic) bond motifs is 2. The van der Waals surface area contributed by atoms with Crippen LogP contribution in [0.2, 0.25) is 0 Å². The molecule has 8 heteroatoms. The van der Waals surface area contributed by atoms with E-state index in [0.29, 0.717) is 5.75 Å². The Kier molecular flexibility index (Phi) is 9.11. The summed E-state index contributed by atoms with van der Waals surface area (Å²) < 4.78 is 6.92. The number of aromatic nitrogens is 1. The predicted molar refractivity (Wildman–Crippen MR) is 164 cm³/mol. The summed E-state index contributed by atoms with van der Waals surface area (Å²) in [7, 11) is 0. The molecule has 0 unspecified atom stereocenters. The highest BCUT2D eigenvalue weighted by atomic mass is 32.2. The third-order valence-corrected chi connectivity index (χ3v) is 9.61. The van der Waals surface area contributed by atoms with Crippen molar-refractivity contribution in [2.75, 3.05) is 23.7 Å². The zero-order chi connectivity index (χ0) is 26.3. The van der Waals surface area contributed by atoms with E-state index in [-0.39, 0.29) is 0 Å². The van der Waals surface area contributed by atoms with E-state index in [0.717, 1.165) is 38.1 Å². The number of thiophene rings is 2. The summed E-state index contributed by atoms with van der Waals surface area (Å²) in [6, 6.07) is 26.1. The second-order valence-corrected chi connectivity index (χ2v) is 11.7. The molecular formula is C30H31N2O3S3+. The zero-order valence-electron chi connectivity index (χ0n) is 21.5. The first-order valence-corrected chi connectivity index (χ1v) is 15.3. The Morgan fingerprint density at radius 3 is 2.18 bits per heavy atom. The molecule has 5 aromatic rings. The molecule has 2 aromatic carbocycles. The largest absolute Gasteiger partial charge is 0.364 e. The molecule has 0 atom stereocenters. The number of rotatable bonds is 12. The topological polar surface area (TPSA) is 45.8 Å². The number of para-hydroxylation sites is 2. The molecule has 3 aromatic heterocycles. The molecule has 0 amide bonds. The molecule has 0 saturated carbocycles. The Bertz CT molecular complexity index is 1480. The van der Waals surface area contributed by atoms with Crippen LogP contribution in [0.4, 0.5) is 5.00 Å². The maximum absolute atomic E-state index is 8.37. The van der Waals surface area contributed by atoms with Gasteiger partial charge in [0.1, 0.15) is 0 Å². The average molecular weight is 564 g/mol. The van der Waals surface area contributed by atoms with Crippen LogP contribution < -0.4 is 9.47 Å². The number of hydrogen-bond donors (Lipinski definition) is 1. The highest BCUT2D eigenvalue weighted by Gasteiger charge is 2.19. The lowest BCUT2D eigenvalue weighted by atomic mass is 10.0. The number of pyridine rings is 1. The average Bonchev–Trinajstić information content (AvgIpc) is 3.63. The molecule has 0 radical (unpaired) electrons. The van der Waals surface area contributed by atoms with Crippen LogP contribution in [0.5, 0.6) is 0 Å². The van der Waals surface area contributed by atoms with Gasteiger partial charge in [0, 0.05) is 69.6 Å². The molecule has 0 bridgehead atoms. The molecule has 0 saturated heterocycles. The van der Waals surface area contributed by atoms with Crippen LogP contribution in [-0.2, 0) is 15.9 Å². The third-order valence-electron chi connectivity index (χ3n) is 6.61. The van der Waals surface area contributed by atoms with E-state index < -0.39 is 0 Å². The summed E-state index contributed by atoms with van der Waals surface area (Å²) in [5.74, 6) is 0.708. The lowest BCUT2D eigenvalue weighted by Gasteiger charge is -2.17. The first-order valence-electron chi connectivity index (χ1n) is 12.8. The van der Waals surface area contributed by atoms with Crippen LogP contribution in [0.15, 0.2) is 72.8 Å². The summed E-state index contributed by atoms with van der Waals surface area (Å²) in [4.78, 5) is 6.27. The minimum Gasteiger partial charge on any atom is -0.364 e. The second-order valence-electron chi connectivity index (χ2n) is 8.76. The summed E-state index contributed by atoms with van der Waals surface area (Å²) in [6.45, 7) is 7.30. The molecule has 5 rings (SSSR count). The Balaban J connectivity index is 1.47. The number of benzene rings is 2. The van der Waals surface area contributed by atoms with Crippen LogP contribution in [0.3, 0.4) is 0 Å². The van der Waals surface area contributed by atoms with E-state index in [4.69, 9.17) is 5.26 Å². The minimum absolute atomic E-state index is 0.708. The first kappa shape index (κ1) is 26.9. The molecule has 5 nitrogen and oxygen atoms in total. The molecule has 0 aliphatic heterocycles. The fourth-order valence-corrected chi connectivity index (χ4v) is 7.30. The van der Waals surface area contributed by atoms with Crippen molar-refractivity contribution >= 4 is 73.7 Å². The lowest BCUT2D eigenvalue weighted by molar-refractivity contribution is -0.645. The molecule has 0 fully saturated rings. The van der Waals surface area contributed by atoms with Gasteiger partial charge in [0.05, 0.1) is 15.8 Å². The Morgan fingerprint density at radius 1 is 0.842 bits per heavy atom. The van der Waals surface area contributed by atoms with Crippen LogP contribution in [-0.4, -0.2) is 24.1 Å². The molecular weight excluding hydrogens is 533 g/mol. The second kappa shape index (κ2) is 12.9. The van der Waals surface area contributed by atoms with Crippen molar-refractivity contribution < 1.29 is 19.2 Å². The van der Waals surface area contributed by atoms with E-state index in [1.807, 2.05) is 22.7 Å². The molecule has 38 heavy (non-hydrogen) atoms. The zero-order valence-corrected chi connectivity index (χ0v) is 24.0. The van der Waals surface area contributed by atoms with Gasteiger partial charge in [-0.2, -0.15) is 4.57 Å². The number of hydrogen-bond acceptors (Lipinski definition) is 7. The summed E-state index contributed by atoms with van der Waals surface area (Å²) in [5.41, 5.74) is 3.63. The van der Waals surface area contributed by atoms with E-state index >= 15 is 0 Å². The van der Waals surface area contributed by atoms with Gasteiger partial charge in [0.25, 0.3) is 0 Å². The molecule has 0 aliphatic rings. The van der Waals surface area contributed by atoms with E-state index in [2.05, 4.69) is 118 Å². The molecule has 3 heterocycles. The van der Waals surface area contributed by atoms with Crippen molar-refractivity contribution in [3.63, 3.8) is 0 Å². The predicted octanol–water partition coefficient (Wildman–Crippen LogP) is 8.55. The van der Waals surface area contributed by atoms with Crippen molar-refractivity contribution in [3.05, 3.63) is 83.2 Å². The highest BCUT2D eigenvalue weighted by molar-refractivity contribution is 7.94. The van der Waals surface area contributed by atoms with Gasteiger partial charge in [0.2, 0.25) is 11.0 Å². The number of nitrogens with zero attached hydrogens (tertiary/aromatic N) is 2. The van der Waals surface area contributed by atoms with Gasteiger partial charge in [0.15, 0.2) is 6.54 Å². The van der Waals surface area contributed by atoms with Gasteiger partial charge in [-0.15, -0.1) is 27.0 Å². The van der Waals surface area contributed by atoms with Crippen molar-refractivity contribution in [1.29, 1.82) is 0 Å². The minimum atomic E-state index is 0.708. The monoisotopic (exact) mass is 563 g/mol. The van der Waals surface area contributed by atoms with Crippen LogP contribution in [0, 0.1) is 0 Å². The SMILES string of the molecule is CCN(CC)c1ccc(-c2ccc(C=Cc3c4ccccc4[n+](CCCSOOO)c4ccccc34)s2)s1. The van der Waals surface area contributed by atoms with Crippen molar-refractivity contribution in [2.24, 2.45) is 0 Å². The Morgan fingerprint density at radius 2 is 1.50 bits per heavy atom. The molecule has 1 N–H and O–H groups in total. The van der Waals surface area contributed by atoms with Crippen molar-refractivity contribution in [2.45, 2.75) is 26.8 Å². The van der Waals surface area contributed by atoms with E-state index in [1.165, 1.54) is 47.0 Å². The van der Waals surface area contributed by atoms with Gasteiger partial charge in [-0.1, -0.05) is 35.4 Å². The summed E-state index contributed by atoms with van der Waals surface area (Å²) in [6.07, 6.45) is 5.38. The van der Waals surface area contributed by atoms with Crippen LogP contribution >= 0.6 is 34.7 Å². The fourth-order valence-electron chi connectivity index (χ4n) is 4.81. The summed E-state index contributed by atoms with van der Waals surface area (Å²) in [5, 5.41) is 15.9. The highest BCUT2D eigenvalue weighted by Crippen LogP contribution is 2.38. The van der Waals surface area contributed by atoms with Crippen LogP contribution in [0.1, 0.15) is 30.7 Å². The van der Waals surface area contributed by atoms with Crippen LogP contribution in [0.25, 0.3) is 43.7 Å². The molecule has 196 valence electrons. The van der Waals surface area contributed by atoms with Gasteiger partial charge < -0.3 is 4.90 Å². The van der Waals surface area contributed by atoms with E-state index in [1.54, 1.807) is 0 Å². The number of anilines is 1. The fraction of sp³-hybridized carbons (Fsp3) is 0.233. The van der Waals surface area contributed by atoms with Crippen molar-refractivity contribution in [3.8, 4) is 9.75 Å². The normalized spacial score (nSPS) is 11.8. The Hall–Kier alpha value is -2.72. The van der Waals surface area contributed by atoms with E-state index in [9.17, 15) is 0 Å². The van der Waals surface area contributed by atoms with Crippen molar-refractivity contribution in [1.82, 2.24) is 0 Å². The van der Waals surface area contributed by atoms with Gasteiger partial charge >= 0.3 is 0 Å². The maximum Gasteiger partial charge on any atom is 0.213 e. The smallest absolute Gasteiger partial charge is 0.213 e. The molecule has 0 aliphatic carbocycles. The summed E-state index contributed by atoms with van der Waals surface area (Å²) >= 11 is 4.80. The quantitative estimate of drug-likeness (QED) is 0.0411. The molecule has 0 spiro atoms. The number of aryl methyl sites for hydroxylation is 1. The Labute approximate surface area is 235 Å². The van der Waals surface area contributed by atoms with Gasteiger partial charge in [-0.05, 0) is 56.3 Å². The maximum atomic E-state index is 8.37. The third kappa shape index (κ3) is 5.81. The van der Waals surface area contributed by atoms with Gasteiger partial charge in [-0.25, -0.2) is 5.26 Å².